The van der Waals surface area contributed by atoms with E-state index in [1.54, 1.807) is 6.92 Å². The molecule has 0 saturated carbocycles. The molecule has 7 heteroatoms. The number of carbonyl (C=O) groups excluding carboxylic acids is 2. The molecule has 1 aliphatic heterocycles. The molecule has 0 radical (unpaired) electrons. The first-order valence-electron chi connectivity index (χ1n) is 9.31. The summed E-state index contributed by atoms with van der Waals surface area (Å²) in [4.78, 5) is 30.2. The third-order valence-corrected chi connectivity index (χ3v) is 4.79. The van der Waals surface area contributed by atoms with Crippen LogP contribution >= 0.6 is 0 Å². The van der Waals surface area contributed by atoms with E-state index < -0.39 is 23.8 Å². The predicted molar refractivity (Wildman–Crippen MR) is 104 cm³/mol. The summed E-state index contributed by atoms with van der Waals surface area (Å²) in [5, 5.41) is 2.76. The fraction of sp³-hybridized carbons (Fsp3) is 0.286. The highest BCUT2D eigenvalue weighted by Gasteiger charge is 2.45. The normalized spacial score (nSPS) is 18.4. The highest BCUT2D eigenvalue weighted by atomic mass is 16.5. The quantitative estimate of drug-likeness (QED) is 0.544. The van der Waals surface area contributed by atoms with Gasteiger partial charge in [-0.3, -0.25) is 14.9 Å². The molecule has 0 spiro atoms. The van der Waals surface area contributed by atoms with Gasteiger partial charge < -0.3 is 14.0 Å². The molecular formula is C21H21N3O4. The summed E-state index contributed by atoms with van der Waals surface area (Å²) >= 11 is 0. The molecule has 3 aromatic rings. The Hall–Kier alpha value is -3.35. The molecule has 0 unspecified atom stereocenters. The highest BCUT2D eigenvalue weighted by molar-refractivity contribution is 6.07. The van der Waals surface area contributed by atoms with Crippen molar-refractivity contribution < 1.29 is 19.1 Å². The number of anilines is 1. The fourth-order valence-corrected chi connectivity index (χ4v) is 3.69. The summed E-state index contributed by atoms with van der Waals surface area (Å²) in [5.41, 5.74) is 2.30. The van der Waals surface area contributed by atoms with Crippen LogP contribution in [0.5, 0.6) is 5.75 Å². The summed E-state index contributed by atoms with van der Waals surface area (Å²) in [5.74, 6) is -1.02. The number of nitrogens with one attached hydrogen (secondary N) is 1. The monoisotopic (exact) mass is 379 g/mol. The van der Waals surface area contributed by atoms with Crippen molar-refractivity contribution in [3.63, 3.8) is 0 Å². The van der Waals surface area contributed by atoms with E-state index in [2.05, 4.69) is 10.3 Å². The van der Waals surface area contributed by atoms with E-state index in [-0.39, 0.29) is 6.61 Å². The number of amides is 1. The molecule has 4 rings (SSSR count). The summed E-state index contributed by atoms with van der Waals surface area (Å²) in [6.07, 6.45) is 0. The third kappa shape index (κ3) is 2.89. The van der Waals surface area contributed by atoms with Gasteiger partial charge in [0, 0.05) is 5.56 Å². The second-order valence-corrected chi connectivity index (χ2v) is 6.43. The van der Waals surface area contributed by atoms with Gasteiger partial charge in [0.2, 0.25) is 11.9 Å². The Kier molecular flexibility index (Phi) is 4.73. The Morgan fingerprint density at radius 1 is 1.11 bits per heavy atom. The molecule has 0 aliphatic carbocycles. The van der Waals surface area contributed by atoms with E-state index in [1.165, 1.54) is 0 Å². The smallest absolute Gasteiger partial charge is 0.321 e. The molecule has 1 aromatic heterocycles. The average molecular weight is 379 g/mol. The molecule has 2 heterocycles. The number of esters is 1. The lowest BCUT2D eigenvalue weighted by Crippen LogP contribution is -2.43. The second kappa shape index (κ2) is 7.34. The summed E-state index contributed by atoms with van der Waals surface area (Å²) in [7, 11) is 0. The first-order valence-corrected chi connectivity index (χ1v) is 9.31. The van der Waals surface area contributed by atoms with Crippen LogP contribution in [0, 0.1) is 5.92 Å². The Balaban J connectivity index is 1.98. The molecule has 0 fully saturated rings. The number of rotatable bonds is 5. The maximum atomic E-state index is 12.9. The highest BCUT2D eigenvalue weighted by Crippen LogP contribution is 2.41. The first kappa shape index (κ1) is 18.0. The van der Waals surface area contributed by atoms with Crippen molar-refractivity contribution in [1.29, 1.82) is 0 Å². The van der Waals surface area contributed by atoms with E-state index in [0.717, 1.165) is 16.6 Å². The van der Waals surface area contributed by atoms with Gasteiger partial charge in [-0.1, -0.05) is 30.3 Å². The maximum absolute atomic E-state index is 12.9. The van der Waals surface area contributed by atoms with Gasteiger partial charge in [0.15, 0.2) is 5.92 Å². The van der Waals surface area contributed by atoms with Crippen LogP contribution in [0.4, 0.5) is 5.95 Å². The van der Waals surface area contributed by atoms with E-state index in [4.69, 9.17) is 9.47 Å². The van der Waals surface area contributed by atoms with Gasteiger partial charge in [-0.2, -0.15) is 0 Å². The largest absolute Gasteiger partial charge is 0.494 e. The van der Waals surface area contributed by atoms with Gasteiger partial charge in [-0.15, -0.1) is 0 Å². The van der Waals surface area contributed by atoms with Crippen LogP contribution in [-0.2, 0) is 14.3 Å². The number of hydrogen-bond donors (Lipinski definition) is 1. The number of ether oxygens (including phenoxy) is 2. The number of fused-ring (bicyclic) bond motifs is 3. The van der Waals surface area contributed by atoms with Gasteiger partial charge in [0.25, 0.3) is 0 Å². The minimum Gasteiger partial charge on any atom is -0.494 e. The van der Waals surface area contributed by atoms with Crippen LogP contribution in [0.2, 0.25) is 0 Å². The van der Waals surface area contributed by atoms with Crippen LogP contribution in [0.25, 0.3) is 11.0 Å². The molecule has 7 nitrogen and oxygen atoms in total. The summed E-state index contributed by atoms with van der Waals surface area (Å²) in [6.45, 7) is 4.28. The molecule has 1 N–H and O–H groups in total. The zero-order chi connectivity index (χ0) is 19.7. The molecule has 144 valence electrons. The fourth-order valence-electron chi connectivity index (χ4n) is 3.69. The van der Waals surface area contributed by atoms with E-state index >= 15 is 0 Å². The Bertz CT molecular complexity index is 1040. The van der Waals surface area contributed by atoms with Crippen molar-refractivity contribution in [3.05, 3.63) is 54.1 Å². The molecule has 1 aliphatic rings. The number of benzene rings is 2. The van der Waals surface area contributed by atoms with E-state index in [9.17, 15) is 9.59 Å². The SMILES string of the molecule is CCOC(=O)[C@@H]1C(=O)Nc2nc3ccccc3n2[C@@H]1c1ccccc1OCC. The topological polar surface area (TPSA) is 82.5 Å². The lowest BCUT2D eigenvalue weighted by Gasteiger charge is -2.33. The molecule has 1 amide bonds. The number of para-hydroxylation sites is 3. The van der Waals surface area contributed by atoms with Gasteiger partial charge >= 0.3 is 5.97 Å². The van der Waals surface area contributed by atoms with Crippen LogP contribution in [0.15, 0.2) is 48.5 Å². The number of imidazole rings is 1. The lowest BCUT2D eigenvalue weighted by molar-refractivity contribution is -0.152. The van der Waals surface area contributed by atoms with Crippen molar-refractivity contribution >= 4 is 28.9 Å². The number of aromatic nitrogens is 2. The molecule has 2 atom stereocenters. The van der Waals surface area contributed by atoms with Gasteiger partial charge in [-0.05, 0) is 32.0 Å². The van der Waals surface area contributed by atoms with Crippen molar-refractivity contribution in [3.8, 4) is 5.75 Å². The first-order chi connectivity index (χ1) is 13.7. The van der Waals surface area contributed by atoms with Gasteiger partial charge in [0.05, 0.1) is 30.3 Å². The second-order valence-electron chi connectivity index (χ2n) is 6.43. The summed E-state index contributed by atoms with van der Waals surface area (Å²) < 4.78 is 12.9. The Labute approximate surface area is 162 Å². The van der Waals surface area contributed by atoms with Crippen molar-refractivity contribution in [1.82, 2.24) is 9.55 Å². The van der Waals surface area contributed by atoms with Crippen LogP contribution in [0.1, 0.15) is 25.5 Å². The summed E-state index contributed by atoms with van der Waals surface area (Å²) in [6, 6.07) is 14.4. The molecule has 28 heavy (non-hydrogen) atoms. The minimum absolute atomic E-state index is 0.194. The molecule has 2 aromatic carbocycles. The van der Waals surface area contributed by atoms with Crippen LogP contribution in [0.3, 0.4) is 0 Å². The molecular weight excluding hydrogens is 358 g/mol. The zero-order valence-corrected chi connectivity index (χ0v) is 15.7. The third-order valence-electron chi connectivity index (χ3n) is 4.79. The van der Waals surface area contributed by atoms with Crippen molar-refractivity contribution in [2.75, 3.05) is 18.5 Å². The van der Waals surface area contributed by atoms with Crippen molar-refractivity contribution in [2.24, 2.45) is 5.92 Å². The van der Waals surface area contributed by atoms with Crippen LogP contribution < -0.4 is 10.1 Å². The van der Waals surface area contributed by atoms with Gasteiger partial charge in [-0.25, -0.2) is 4.98 Å². The molecule has 0 bridgehead atoms. The Morgan fingerprint density at radius 2 is 1.86 bits per heavy atom. The molecule has 0 saturated heterocycles. The maximum Gasteiger partial charge on any atom is 0.321 e. The van der Waals surface area contributed by atoms with Crippen LogP contribution in [-0.4, -0.2) is 34.6 Å². The predicted octanol–water partition coefficient (Wildman–Crippen LogP) is 3.16. The average Bonchev–Trinajstić information content (AvgIpc) is 3.05. The lowest BCUT2D eigenvalue weighted by atomic mass is 9.89. The number of carbonyl (C=O) groups is 2. The van der Waals surface area contributed by atoms with Gasteiger partial charge in [0.1, 0.15) is 5.75 Å². The van der Waals surface area contributed by atoms with E-state index in [0.29, 0.717) is 18.3 Å². The minimum atomic E-state index is -1.05. The van der Waals surface area contributed by atoms with Crippen molar-refractivity contribution in [2.45, 2.75) is 19.9 Å². The zero-order valence-electron chi connectivity index (χ0n) is 15.7. The van der Waals surface area contributed by atoms with E-state index in [1.807, 2.05) is 60.0 Å². The Morgan fingerprint density at radius 3 is 2.64 bits per heavy atom. The number of hydrogen-bond acceptors (Lipinski definition) is 5. The number of nitrogens with zero attached hydrogens (tertiary/aromatic N) is 2. The standard InChI is InChI=1S/C21H21N3O4/c1-3-27-16-12-8-5-9-13(16)18-17(20(26)28-4-2)19(25)23-21-22-14-10-6-7-11-15(14)24(18)21/h5-12,17-18H,3-4H2,1-2H3,(H,22,23,25)/t17-,18+/m0/s1.